The Bertz CT molecular complexity index is 747. The van der Waals surface area contributed by atoms with Gasteiger partial charge in [0.1, 0.15) is 18.2 Å². The monoisotopic (exact) mass is 373 g/mol. The molecular formula is C21H28FN3O2. The Morgan fingerprint density at radius 2 is 2.26 bits per heavy atom. The van der Waals surface area contributed by atoms with E-state index in [4.69, 9.17) is 4.74 Å². The van der Waals surface area contributed by atoms with Gasteiger partial charge in [-0.25, -0.2) is 9.37 Å². The molecule has 0 aliphatic carbocycles. The maximum atomic E-state index is 13.5. The number of amides is 1. The summed E-state index contributed by atoms with van der Waals surface area (Å²) >= 11 is 0. The third-order valence-corrected chi connectivity index (χ3v) is 4.99. The van der Waals surface area contributed by atoms with Crippen molar-refractivity contribution in [3.05, 3.63) is 42.1 Å². The van der Waals surface area contributed by atoms with Crippen LogP contribution in [0.1, 0.15) is 57.3 Å². The average molecular weight is 373 g/mol. The van der Waals surface area contributed by atoms with Crippen molar-refractivity contribution in [2.45, 2.75) is 51.5 Å². The van der Waals surface area contributed by atoms with Crippen molar-refractivity contribution >= 4 is 5.91 Å². The molecule has 1 atom stereocenters. The van der Waals surface area contributed by atoms with Gasteiger partial charge in [-0.2, -0.15) is 0 Å². The molecule has 1 fully saturated rings. The number of carbonyl (C=O) groups excluding carboxylic acids is 1. The van der Waals surface area contributed by atoms with Gasteiger partial charge in [-0.1, -0.05) is 31.9 Å². The highest BCUT2D eigenvalue weighted by molar-refractivity contribution is 5.78. The normalized spacial score (nSPS) is 17.3. The van der Waals surface area contributed by atoms with E-state index >= 15 is 0 Å². The minimum absolute atomic E-state index is 0.0138. The number of unbranched alkanes of at least 4 members (excludes halogenated alkanes) is 2. The molecular weight excluding hydrogens is 345 g/mol. The Morgan fingerprint density at radius 3 is 3.07 bits per heavy atom. The molecule has 1 unspecified atom stereocenters. The molecule has 2 aromatic rings. The van der Waals surface area contributed by atoms with E-state index in [0.717, 1.165) is 62.2 Å². The number of carbonyl (C=O) groups is 1. The lowest BCUT2D eigenvalue weighted by Gasteiger charge is -2.34. The zero-order chi connectivity index (χ0) is 19.1. The van der Waals surface area contributed by atoms with Crippen molar-refractivity contribution in [1.82, 2.24) is 14.9 Å². The SMILES string of the molecule is CCCCCOCC(=O)N1CCCCC1c1ncc(-c2cccc(F)c2)[nH]1. The molecule has 1 aromatic heterocycles. The van der Waals surface area contributed by atoms with Gasteiger partial charge in [-0.05, 0) is 37.8 Å². The Balaban J connectivity index is 1.66. The van der Waals surface area contributed by atoms with Crippen LogP contribution in [0.3, 0.4) is 0 Å². The molecule has 1 aliphatic rings. The summed E-state index contributed by atoms with van der Waals surface area (Å²) < 4.78 is 19.0. The molecule has 27 heavy (non-hydrogen) atoms. The van der Waals surface area contributed by atoms with Crippen molar-refractivity contribution in [1.29, 1.82) is 0 Å². The first-order valence-electron chi connectivity index (χ1n) is 9.87. The number of aromatic nitrogens is 2. The van der Waals surface area contributed by atoms with E-state index in [9.17, 15) is 9.18 Å². The van der Waals surface area contributed by atoms with E-state index in [1.54, 1.807) is 12.3 Å². The molecule has 0 bridgehead atoms. The third-order valence-electron chi connectivity index (χ3n) is 4.99. The largest absolute Gasteiger partial charge is 0.372 e. The topological polar surface area (TPSA) is 58.2 Å². The number of rotatable bonds is 8. The van der Waals surface area contributed by atoms with Gasteiger partial charge in [-0.15, -0.1) is 0 Å². The van der Waals surface area contributed by atoms with E-state index in [2.05, 4.69) is 16.9 Å². The number of benzene rings is 1. The molecule has 1 aromatic carbocycles. The van der Waals surface area contributed by atoms with Gasteiger partial charge in [0, 0.05) is 18.7 Å². The van der Waals surface area contributed by atoms with Gasteiger partial charge < -0.3 is 14.6 Å². The fourth-order valence-electron chi connectivity index (χ4n) is 3.52. The molecule has 6 heteroatoms. The van der Waals surface area contributed by atoms with Crippen molar-refractivity contribution in [2.24, 2.45) is 0 Å². The van der Waals surface area contributed by atoms with Crippen LogP contribution in [0.2, 0.25) is 0 Å². The summed E-state index contributed by atoms with van der Waals surface area (Å²) in [6, 6.07) is 6.34. The van der Waals surface area contributed by atoms with Crippen molar-refractivity contribution in [3.8, 4) is 11.3 Å². The van der Waals surface area contributed by atoms with Gasteiger partial charge in [0.05, 0.1) is 17.9 Å². The Hall–Kier alpha value is -2.21. The maximum absolute atomic E-state index is 13.5. The number of nitrogens with one attached hydrogen (secondary N) is 1. The van der Waals surface area contributed by atoms with E-state index in [-0.39, 0.29) is 24.4 Å². The van der Waals surface area contributed by atoms with Crippen molar-refractivity contribution in [3.63, 3.8) is 0 Å². The molecule has 146 valence electrons. The maximum Gasteiger partial charge on any atom is 0.249 e. The summed E-state index contributed by atoms with van der Waals surface area (Å²) in [4.78, 5) is 22.3. The molecule has 0 saturated carbocycles. The summed E-state index contributed by atoms with van der Waals surface area (Å²) in [5.74, 6) is 0.492. The van der Waals surface area contributed by atoms with Crippen LogP contribution in [0.5, 0.6) is 0 Å². The number of piperidine rings is 1. The predicted molar refractivity (Wildman–Crippen MR) is 103 cm³/mol. The number of hydrogen-bond donors (Lipinski definition) is 1. The third kappa shape index (κ3) is 5.16. The second kappa shape index (κ2) is 9.65. The van der Waals surface area contributed by atoms with Crippen LogP contribution in [0, 0.1) is 5.82 Å². The Kier molecular flexibility index (Phi) is 6.98. The molecule has 1 N–H and O–H groups in total. The molecule has 2 heterocycles. The number of H-pyrrole nitrogens is 1. The van der Waals surface area contributed by atoms with Crippen molar-refractivity contribution < 1.29 is 13.9 Å². The van der Waals surface area contributed by atoms with Crippen LogP contribution in [-0.2, 0) is 9.53 Å². The summed E-state index contributed by atoms with van der Waals surface area (Å²) in [7, 11) is 0. The second-order valence-electron chi connectivity index (χ2n) is 7.05. The summed E-state index contributed by atoms with van der Waals surface area (Å²) in [5, 5.41) is 0. The first-order chi connectivity index (χ1) is 13.2. The van der Waals surface area contributed by atoms with Crippen LogP contribution in [0.4, 0.5) is 4.39 Å². The average Bonchev–Trinajstić information content (AvgIpc) is 3.18. The van der Waals surface area contributed by atoms with Crippen LogP contribution >= 0.6 is 0 Å². The van der Waals surface area contributed by atoms with E-state index in [1.165, 1.54) is 12.1 Å². The number of ether oxygens (including phenoxy) is 1. The minimum atomic E-state index is -0.279. The zero-order valence-corrected chi connectivity index (χ0v) is 15.9. The molecule has 1 saturated heterocycles. The first-order valence-corrected chi connectivity index (χ1v) is 9.87. The zero-order valence-electron chi connectivity index (χ0n) is 15.9. The highest BCUT2D eigenvalue weighted by atomic mass is 19.1. The van der Waals surface area contributed by atoms with E-state index < -0.39 is 0 Å². The highest BCUT2D eigenvalue weighted by Gasteiger charge is 2.30. The van der Waals surface area contributed by atoms with E-state index in [0.29, 0.717) is 6.61 Å². The number of hydrogen-bond acceptors (Lipinski definition) is 3. The molecule has 5 nitrogen and oxygen atoms in total. The van der Waals surface area contributed by atoms with Crippen LogP contribution < -0.4 is 0 Å². The predicted octanol–water partition coefficient (Wildman–Crippen LogP) is 4.48. The fourth-order valence-corrected chi connectivity index (χ4v) is 3.52. The standard InChI is InChI=1S/C21H28FN3O2/c1-2-3-6-12-27-15-20(26)25-11-5-4-10-19(25)21-23-14-18(24-21)16-8-7-9-17(22)13-16/h7-9,13-14,19H,2-6,10-12,15H2,1H3,(H,23,24). The summed E-state index contributed by atoms with van der Waals surface area (Å²) in [6.45, 7) is 3.61. The Labute approximate surface area is 159 Å². The van der Waals surface area contributed by atoms with Crippen LogP contribution in [-0.4, -0.2) is 40.5 Å². The van der Waals surface area contributed by atoms with Gasteiger partial charge in [-0.3, -0.25) is 4.79 Å². The minimum Gasteiger partial charge on any atom is -0.372 e. The number of nitrogens with zero attached hydrogens (tertiary/aromatic N) is 2. The number of imidazole rings is 1. The number of halogens is 1. The molecule has 0 radical (unpaired) electrons. The quantitative estimate of drug-likeness (QED) is 0.694. The first kappa shape index (κ1) is 19.5. The molecule has 0 spiro atoms. The van der Waals surface area contributed by atoms with Crippen LogP contribution in [0.25, 0.3) is 11.3 Å². The van der Waals surface area contributed by atoms with Gasteiger partial charge in [0.15, 0.2) is 0 Å². The fraction of sp³-hybridized carbons (Fsp3) is 0.524. The smallest absolute Gasteiger partial charge is 0.249 e. The van der Waals surface area contributed by atoms with Gasteiger partial charge in [0.2, 0.25) is 5.91 Å². The highest BCUT2D eigenvalue weighted by Crippen LogP contribution is 2.30. The lowest BCUT2D eigenvalue weighted by molar-refractivity contribution is -0.140. The Morgan fingerprint density at radius 1 is 1.37 bits per heavy atom. The second-order valence-corrected chi connectivity index (χ2v) is 7.05. The van der Waals surface area contributed by atoms with Crippen LogP contribution in [0.15, 0.2) is 30.5 Å². The summed E-state index contributed by atoms with van der Waals surface area (Å²) in [5.41, 5.74) is 1.51. The lowest BCUT2D eigenvalue weighted by Crippen LogP contribution is -2.41. The lowest BCUT2D eigenvalue weighted by atomic mass is 10.0. The summed E-state index contributed by atoms with van der Waals surface area (Å²) in [6.07, 6.45) is 7.88. The molecule has 1 amide bonds. The van der Waals surface area contributed by atoms with Crippen molar-refractivity contribution in [2.75, 3.05) is 19.8 Å². The number of aromatic amines is 1. The molecule has 3 rings (SSSR count). The molecule has 1 aliphatic heterocycles. The van der Waals surface area contributed by atoms with Gasteiger partial charge in [0.25, 0.3) is 0 Å². The van der Waals surface area contributed by atoms with Gasteiger partial charge >= 0.3 is 0 Å². The van der Waals surface area contributed by atoms with E-state index in [1.807, 2.05) is 11.0 Å². The number of likely N-dealkylation sites (tertiary alicyclic amines) is 1.